The van der Waals surface area contributed by atoms with E-state index in [1.54, 1.807) is 42.5 Å². The van der Waals surface area contributed by atoms with Gasteiger partial charge in [0.05, 0.1) is 23.9 Å². The van der Waals surface area contributed by atoms with Gasteiger partial charge in [-0.05, 0) is 54.1 Å². The number of nitrogens with zero attached hydrogens (tertiary/aromatic N) is 1. The lowest BCUT2D eigenvalue weighted by Crippen LogP contribution is -2.32. The van der Waals surface area contributed by atoms with Crippen LogP contribution in [0.1, 0.15) is 15.9 Å². The molecule has 168 valence electrons. The highest BCUT2D eigenvalue weighted by molar-refractivity contribution is 6.39. The summed E-state index contributed by atoms with van der Waals surface area (Å²) in [6, 6.07) is 16.4. The molecule has 0 spiro atoms. The summed E-state index contributed by atoms with van der Waals surface area (Å²) in [5.74, 6) is -2.52. The van der Waals surface area contributed by atoms with Crippen LogP contribution >= 0.6 is 11.6 Å². The van der Waals surface area contributed by atoms with Crippen LogP contribution in [0.5, 0.6) is 11.5 Å². The summed E-state index contributed by atoms with van der Waals surface area (Å²) in [5, 5.41) is 5.78. The van der Waals surface area contributed by atoms with Crippen LogP contribution in [-0.4, -0.2) is 31.1 Å². The molecule has 0 aliphatic rings. The van der Waals surface area contributed by atoms with E-state index in [1.165, 1.54) is 31.5 Å². The lowest BCUT2D eigenvalue weighted by atomic mass is 10.2. The molecule has 0 fully saturated rings. The molecule has 0 heterocycles. The van der Waals surface area contributed by atoms with Crippen LogP contribution in [0.4, 0.5) is 10.1 Å². The van der Waals surface area contributed by atoms with Gasteiger partial charge in [0.15, 0.2) is 0 Å². The summed E-state index contributed by atoms with van der Waals surface area (Å²) in [6.45, 7) is 0. The molecule has 3 aromatic carbocycles. The zero-order valence-electron chi connectivity index (χ0n) is 17.2. The molecule has 0 radical (unpaired) electrons. The van der Waals surface area contributed by atoms with E-state index in [0.717, 1.165) is 6.07 Å². The van der Waals surface area contributed by atoms with E-state index < -0.39 is 23.6 Å². The number of esters is 1. The van der Waals surface area contributed by atoms with Gasteiger partial charge < -0.3 is 14.8 Å². The number of carbonyl (C=O) groups excluding carboxylic acids is 3. The first-order valence-corrected chi connectivity index (χ1v) is 9.79. The van der Waals surface area contributed by atoms with Crippen molar-refractivity contribution in [1.29, 1.82) is 0 Å². The second kappa shape index (κ2) is 10.9. The Labute approximate surface area is 193 Å². The third-order valence-electron chi connectivity index (χ3n) is 4.14. The summed E-state index contributed by atoms with van der Waals surface area (Å²) < 4.78 is 23.6. The molecule has 0 atom stereocenters. The molecule has 3 aromatic rings. The number of rotatable bonds is 6. The van der Waals surface area contributed by atoms with E-state index in [9.17, 15) is 18.8 Å². The second-order valence-corrected chi connectivity index (χ2v) is 6.88. The minimum atomic E-state index is -1.05. The fraction of sp³-hybridized carbons (Fsp3) is 0.0435. The molecule has 2 N–H and O–H groups in total. The van der Waals surface area contributed by atoms with Gasteiger partial charge in [0.25, 0.3) is 0 Å². The molecular formula is C23H17ClFN3O5. The molecular weight excluding hydrogens is 453 g/mol. The zero-order chi connectivity index (χ0) is 23.8. The molecule has 0 aromatic heterocycles. The average Bonchev–Trinajstić information content (AvgIpc) is 2.81. The van der Waals surface area contributed by atoms with Crippen molar-refractivity contribution in [1.82, 2.24) is 5.43 Å². The highest BCUT2D eigenvalue weighted by Gasteiger charge is 2.14. The van der Waals surface area contributed by atoms with Crippen LogP contribution in [0.3, 0.4) is 0 Å². The second-order valence-electron chi connectivity index (χ2n) is 6.48. The molecule has 0 saturated heterocycles. The number of methoxy groups -OCH3 is 1. The third kappa shape index (κ3) is 6.62. The van der Waals surface area contributed by atoms with Crippen molar-refractivity contribution in [3.8, 4) is 11.5 Å². The normalized spacial score (nSPS) is 10.5. The summed E-state index contributed by atoms with van der Waals surface area (Å²) >= 11 is 5.63. The molecule has 33 heavy (non-hydrogen) atoms. The van der Waals surface area contributed by atoms with Gasteiger partial charge in [0, 0.05) is 5.69 Å². The first-order chi connectivity index (χ1) is 15.9. The van der Waals surface area contributed by atoms with Gasteiger partial charge in [0.2, 0.25) is 0 Å². The van der Waals surface area contributed by atoms with Gasteiger partial charge in [-0.15, -0.1) is 0 Å². The van der Waals surface area contributed by atoms with Gasteiger partial charge >= 0.3 is 17.8 Å². The summed E-state index contributed by atoms with van der Waals surface area (Å²) in [4.78, 5) is 36.1. The van der Waals surface area contributed by atoms with Crippen LogP contribution in [0, 0.1) is 5.82 Å². The number of hydrogen-bond acceptors (Lipinski definition) is 6. The lowest BCUT2D eigenvalue weighted by molar-refractivity contribution is -0.136. The van der Waals surface area contributed by atoms with E-state index in [-0.39, 0.29) is 16.5 Å². The van der Waals surface area contributed by atoms with Crippen LogP contribution in [0.25, 0.3) is 0 Å². The number of anilines is 1. The zero-order valence-corrected chi connectivity index (χ0v) is 17.9. The predicted octanol–water partition coefficient (Wildman–Crippen LogP) is 3.80. The van der Waals surface area contributed by atoms with E-state index >= 15 is 0 Å². The number of halogens is 2. The van der Waals surface area contributed by atoms with Crippen LogP contribution in [0.2, 0.25) is 5.02 Å². The van der Waals surface area contributed by atoms with E-state index in [0.29, 0.717) is 16.9 Å². The number of nitrogens with one attached hydrogen (secondary N) is 2. The van der Waals surface area contributed by atoms with Crippen molar-refractivity contribution in [3.05, 3.63) is 88.7 Å². The Morgan fingerprint density at radius 1 is 0.970 bits per heavy atom. The first kappa shape index (κ1) is 23.4. The molecule has 0 unspecified atom stereocenters. The molecule has 2 amide bonds. The topological polar surface area (TPSA) is 106 Å². The number of amides is 2. The molecule has 0 saturated carbocycles. The summed E-state index contributed by atoms with van der Waals surface area (Å²) in [6.07, 6.45) is 1.27. The number of hydrogen-bond donors (Lipinski definition) is 2. The maximum Gasteiger partial charge on any atom is 0.343 e. The molecule has 10 heteroatoms. The Morgan fingerprint density at radius 3 is 2.48 bits per heavy atom. The standard InChI is InChI=1S/C23H17ClFN3O5/c1-32-17-6-3-5-15(11-17)23(31)33-18-7-2-4-14(10-18)13-26-28-22(30)21(29)27-16-8-9-20(25)19(24)12-16/h2-13H,1H3,(H,27,29)(H,28,30)/b26-13+. The Hall–Kier alpha value is -4.24. The number of ether oxygens (including phenoxy) is 2. The van der Waals surface area contributed by atoms with Crippen molar-refractivity contribution < 1.29 is 28.2 Å². The largest absolute Gasteiger partial charge is 0.497 e. The fourth-order valence-corrected chi connectivity index (χ4v) is 2.73. The predicted molar refractivity (Wildman–Crippen MR) is 120 cm³/mol. The maximum atomic E-state index is 13.2. The lowest BCUT2D eigenvalue weighted by Gasteiger charge is -2.06. The van der Waals surface area contributed by atoms with Gasteiger partial charge in [-0.1, -0.05) is 29.8 Å². The summed E-state index contributed by atoms with van der Waals surface area (Å²) in [5.41, 5.74) is 3.03. The quantitative estimate of drug-likeness (QED) is 0.188. The fourth-order valence-electron chi connectivity index (χ4n) is 2.55. The van der Waals surface area contributed by atoms with Crippen molar-refractivity contribution in [3.63, 3.8) is 0 Å². The summed E-state index contributed by atoms with van der Waals surface area (Å²) in [7, 11) is 1.49. The number of benzene rings is 3. The van der Waals surface area contributed by atoms with E-state index in [2.05, 4.69) is 15.8 Å². The van der Waals surface area contributed by atoms with Gasteiger partial charge in [-0.2, -0.15) is 5.10 Å². The molecule has 0 aliphatic heterocycles. The van der Waals surface area contributed by atoms with Crippen molar-refractivity contribution in [2.45, 2.75) is 0 Å². The average molecular weight is 470 g/mol. The molecule has 8 nitrogen and oxygen atoms in total. The van der Waals surface area contributed by atoms with Crippen molar-refractivity contribution >= 4 is 41.3 Å². The minimum absolute atomic E-state index is 0.149. The minimum Gasteiger partial charge on any atom is -0.497 e. The number of hydrazone groups is 1. The Balaban J connectivity index is 1.57. The van der Waals surface area contributed by atoms with Gasteiger partial charge in [0.1, 0.15) is 17.3 Å². The SMILES string of the molecule is COc1cccc(C(=O)Oc2cccc(/C=N/NC(=O)C(=O)Nc3ccc(F)c(Cl)c3)c2)c1. The Kier molecular flexibility index (Phi) is 7.72. The molecule has 0 aliphatic carbocycles. The Bertz CT molecular complexity index is 1230. The Morgan fingerprint density at radius 2 is 1.73 bits per heavy atom. The van der Waals surface area contributed by atoms with Crippen molar-refractivity contribution in [2.24, 2.45) is 5.10 Å². The van der Waals surface area contributed by atoms with Crippen molar-refractivity contribution in [2.75, 3.05) is 12.4 Å². The smallest absolute Gasteiger partial charge is 0.343 e. The highest BCUT2D eigenvalue weighted by atomic mass is 35.5. The van der Waals surface area contributed by atoms with Gasteiger partial charge in [-0.25, -0.2) is 14.6 Å². The van der Waals surface area contributed by atoms with E-state index in [4.69, 9.17) is 21.1 Å². The monoisotopic (exact) mass is 469 g/mol. The molecule has 3 rings (SSSR count). The molecule has 0 bridgehead atoms. The highest BCUT2D eigenvalue weighted by Crippen LogP contribution is 2.19. The van der Waals surface area contributed by atoms with Gasteiger partial charge in [-0.3, -0.25) is 9.59 Å². The third-order valence-corrected chi connectivity index (χ3v) is 4.43. The maximum absolute atomic E-state index is 13.2. The van der Waals surface area contributed by atoms with E-state index in [1.807, 2.05) is 0 Å². The van der Waals surface area contributed by atoms with Crippen LogP contribution in [-0.2, 0) is 9.59 Å². The first-order valence-electron chi connectivity index (χ1n) is 9.41. The number of carbonyl (C=O) groups is 3. The van der Waals surface area contributed by atoms with Crippen LogP contribution < -0.4 is 20.2 Å². The van der Waals surface area contributed by atoms with Crippen LogP contribution in [0.15, 0.2) is 71.8 Å².